The molecule has 0 bridgehead atoms. The summed E-state index contributed by atoms with van der Waals surface area (Å²) in [7, 11) is 0. The van der Waals surface area contributed by atoms with Gasteiger partial charge in [-0.15, -0.1) is 11.3 Å². The zero-order valence-electron chi connectivity index (χ0n) is 15.4. The van der Waals surface area contributed by atoms with Crippen molar-refractivity contribution >= 4 is 28.3 Å². The van der Waals surface area contributed by atoms with Gasteiger partial charge in [0.2, 0.25) is 0 Å². The molecule has 4 rings (SSSR count). The maximum absolute atomic E-state index is 13.8. The number of nitrogens with one attached hydrogen (secondary N) is 1. The van der Waals surface area contributed by atoms with Crippen molar-refractivity contribution in [1.82, 2.24) is 20.0 Å². The Kier molecular flexibility index (Phi) is 5.34. The fraction of sp³-hybridized carbons (Fsp3) is 0.150. The Bertz CT molecular complexity index is 1170. The third-order valence-corrected chi connectivity index (χ3v) is 5.46. The Balaban J connectivity index is 1.49. The third-order valence-electron chi connectivity index (χ3n) is 4.38. The van der Waals surface area contributed by atoms with Gasteiger partial charge < -0.3 is 5.11 Å². The van der Waals surface area contributed by atoms with E-state index in [4.69, 9.17) is 4.84 Å². The predicted octanol–water partition coefficient (Wildman–Crippen LogP) is 3.54. The van der Waals surface area contributed by atoms with Gasteiger partial charge in [-0.1, -0.05) is 18.2 Å². The molecule has 0 aliphatic heterocycles. The van der Waals surface area contributed by atoms with Gasteiger partial charge in [0.1, 0.15) is 28.8 Å². The standard InChI is InChI=1S/C20H17FN4O3S/c1-12(14-4-2-3-5-15(14)21)28-24-20(27)18-6-7-19(29-18)25-11-23-16-9-22-13(10-26)8-17(16)25/h2-9,11-12,26H,10H2,1H3,(H,24,27)/t12-/m1/s1. The zero-order chi connectivity index (χ0) is 20.4. The SMILES string of the molecule is C[C@@H](ONC(=O)c1ccc(-n2cnc3cnc(CO)cc32)s1)c1ccccc1F. The Labute approximate surface area is 169 Å². The van der Waals surface area contributed by atoms with Gasteiger partial charge in [-0.25, -0.2) is 14.9 Å². The van der Waals surface area contributed by atoms with E-state index in [1.54, 1.807) is 55.8 Å². The van der Waals surface area contributed by atoms with Crippen LogP contribution in [0.5, 0.6) is 0 Å². The molecule has 0 radical (unpaired) electrons. The molecule has 0 aliphatic carbocycles. The summed E-state index contributed by atoms with van der Waals surface area (Å²) < 4.78 is 15.6. The fourth-order valence-electron chi connectivity index (χ4n) is 2.86. The van der Waals surface area contributed by atoms with Crippen LogP contribution in [-0.4, -0.2) is 25.5 Å². The number of rotatable bonds is 6. The fourth-order valence-corrected chi connectivity index (χ4v) is 3.73. The van der Waals surface area contributed by atoms with Gasteiger partial charge in [0, 0.05) is 5.56 Å². The summed E-state index contributed by atoms with van der Waals surface area (Å²) in [6, 6.07) is 11.5. The van der Waals surface area contributed by atoms with Crippen LogP contribution in [0.4, 0.5) is 4.39 Å². The molecule has 29 heavy (non-hydrogen) atoms. The summed E-state index contributed by atoms with van der Waals surface area (Å²) >= 11 is 1.25. The predicted molar refractivity (Wildman–Crippen MR) is 106 cm³/mol. The molecule has 4 aromatic rings. The second-order valence-electron chi connectivity index (χ2n) is 6.29. The van der Waals surface area contributed by atoms with Crippen molar-refractivity contribution in [2.75, 3.05) is 0 Å². The molecule has 2 N–H and O–H groups in total. The minimum atomic E-state index is -0.637. The van der Waals surface area contributed by atoms with Crippen LogP contribution >= 0.6 is 11.3 Å². The lowest BCUT2D eigenvalue weighted by molar-refractivity contribution is -0.0100. The number of aromatic nitrogens is 3. The van der Waals surface area contributed by atoms with Crippen molar-refractivity contribution in [2.24, 2.45) is 0 Å². The van der Waals surface area contributed by atoms with Crippen LogP contribution < -0.4 is 5.48 Å². The molecule has 0 fully saturated rings. The molecule has 0 unspecified atom stereocenters. The Morgan fingerprint density at radius 2 is 2.14 bits per heavy atom. The lowest BCUT2D eigenvalue weighted by Crippen LogP contribution is -2.24. The Hall–Kier alpha value is -3.14. The second-order valence-corrected chi connectivity index (χ2v) is 7.35. The number of hydrogen-bond acceptors (Lipinski definition) is 6. The summed E-state index contributed by atoms with van der Waals surface area (Å²) in [4.78, 5) is 26.6. The normalized spacial score (nSPS) is 12.2. The van der Waals surface area contributed by atoms with Crippen LogP contribution in [0.3, 0.4) is 0 Å². The van der Waals surface area contributed by atoms with Gasteiger partial charge in [0.15, 0.2) is 0 Å². The first kappa shape index (κ1) is 19.2. The quantitative estimate of drug-likeness (QED) is 0.473. The zero-order valence-corrected chi connectivity index (χ0v) is 16.2. The van der Waals surface area contributed by atoms with E-state index in [1.807, 2.05) is 4.57 Å². The van der Waals surface area contributed by atoms with Crippen LogP contribution in [0.15, 0.2) is 55.0 Å². The van der Waals surface area contributed by atoms with E-state index in [9.17, 15) is 14.3 Å². The molecular formula is C20H17FN4O3S. The topological polar surface area (TPSA) is 89.3 Å². The van der Waals surface area contributed by atoms with Crippen LogP contribution in [0.2, 0.25) is 0 Å². The van der Waals surface area contributed by atoms with Crippen molar-refractivity contribution < 1.29 is 19.1 Å². The number of pyridine rings is 1. The van der Waals surface area contributed by atoms with Crippen molar-refractivity contribution in [2.45, 2.75) is 19.6 Å². The first-order valence-corrected chi connectivity index (χ1v) is 9.62. The average Bonchev–Trinajstić information content (AvgIpc) is 3.38. The van der Waals surface area contributed by atoms with E-state index in [2.05, 4.69) is 15.4 Å². The van der Waals surface area contributed by atoms with E-state index in [1.165, 1.54) is 17.4 Å². The highest BCUT2D eigenvalue weighted by molar-refractivity contribution is 7.16. The van der Waals surface area contributed by atoms with Gasteiger partial charge in [0.05, 0.1) is 28.9 Å². The van der Waals surface area contributed by atoms with Crippen molar-refractivity contribution in [1.29, 1.82) is 0 Å². The molecule has 0 saturated carbocycles. The summed E-state index contributed by atoms with van der Waals surface area (Å²) in [5.41, 5.74) is 4.73. The number of benzene rings is 1. The highest BCUT2D eigenvalue weighted by Crippen LogP contribution is 2.25. The maximum Gasteiger partial charge on any atom is 0.284 e. The van der Waals surface area contributed by atoms with Crippen LogP contribution in [0, 0.1) is 5.82 Å². The van der Waals surface area contributed by atoms with Gasteiger partial charge in [-0.2, -0.15) is 0 Å². The molecule has 3 heterocycles. The average molecular weight is 412 g/mol. The number of amides is 1. The molecule has 9 heteroatoms. The second kappa shape index (κ2) is 8.08. The van der Waals surface area contributed by atoms with Crippen LogP contribution in [0.25, 0.3) is 16.0 Å². The molecule has 0 saturated heterocycles. The number of aliphatic hydroxyl groups is 1. The van der Waals surface area contributed by atoms with Crippen molar-refractivity contribution in [3.63, 3.8) is 0 Å². The molecule has 148 valence electrons. The smallest absolute Gasteiger partial charge is 0.284 e. The Morgan fingerprint density at radius 3 is 2.93 bits per heavy atom. The van der Waals surface area contributed by atoms with Crippen LogP contribution in [0.1, 0.15) is 34.0 Å². The molecule has 0 aliphatic rings. The third kappa shape index (κ3) is 3.88. The molecular weight excluding hydrogens is 395 g/mol. The maximum atomic E-state index is 13.8. The molecule has 1 aromatic carbocycles. The summed E-state index contributed by atoms with van der Waals surface area (Å²) in [6.07, 6.45) is 2.59. The number of thiophene rings is 1. The minimum Gasteiger partial charge on any atom is -0.390 e. The van der Waals surface area contributed by atoms with E-state index in [0.717, 1.165) is 10.5 Å². The van der Waals surface area contributed by atoms with Gasteiger partial charge in [-0.05, 0) is 31.2 Å². The minimum absolute atomic E-state index is 0.170. The van der Waals surface area contributed by atoms with Crippen molar-refractivity contribution in [3.8, 4) is 5.00 Å². The summed E-state index contributed by atoms with van der Waals surface area (Å²) in [6.45, 7) is 1.49. The molecule has 1 amide bonds. The number of nitrogens with zero attached hydrogens (tertiary/aromatic N) is 3. The number of fused-ring (bicyclic) bond motifs is 1. The highest BCUT2D eigenvalue weighted by Gasteiger charge is 2.16. The van der Waals surface area contributed by atoms with E-state index in [-0.39, 0.29) is 6.61 Å². The number of carbonyl (C=O) groups excluding carboxylic acids is 1. The number of carbonyl (C=O) groups is 1. The monoisotopic (exact) mass is 412 g/mol. The van der Waals surface area contributed by atoms with Gasteiger partial charge in [-0.3, -0.25) is 19.2 Å². The Morgan fingerprint density at radius 1 is 1.31 bits per heavy atom. The lowest BCUT2D eigenvalue weighted by Gasteiger charge is -2.13. The van der Waals surface area contributed by atoms with Gasteiger partial charge >= 0.3 is 0 Å². The number of aliphatic hydroxyl groups excluding tert-OH is 1. The molecule has 1 atom stereocenters. The van der Waals surface area contributed by atoms with E-state index in [0.29, 0.717) is 21.7 Å². The summed E-state index contributed by atoms with van der Waals surface area (Å²) in [5.74, 6) is -0.817. The largest absolute Gasteiger partial charge is 0.390 e. The summed E-state index contributed by atoms with van der Waals surface area (Å²) in [5, 5.41) is 10.1. The number of hydroxylamine groups is 1. The van der Waals surface area contributed by atoms with E-state index < -0.39 is 17.8 Å². The highest BCUT2D eigenvalue weighted by atomic mass is 32.1. The van der Waals surface area contributed by atoms with Crippen LogP contribution in [-0.2, 0) is 11.4 Å². The molecule has 7 nitrogen and oxygen atoms in total. The molecule has 0 spiro atoms. The first-order chi connectivity index (χ1) is 14.1. The molecule has 3 aromatic heterocycles. The van der Waals surface area contributed by atoms with Gasteiger partial charge in [0.25, 0.3) is 5.91 Å². The number of hydrogen-bond donors (Lipinski definition) is 2. The van der Waals surface area contributed by atoms with Crippen molar-refractivity contribution in [3.05, 3.63) is 76.9 Å². The number of halogens is 1. The van der Waals surface area contributed by atoms with E-state index >= 15 is 0 Å². The first-order valence-electron chi connectivity index (χ1n) is 8.80. The lowest BCUT2D eigenvalue weighted by atomic mass is 10.1. The number of imidazole rings is 1.